The highest BCUT2D eigenvalue weighted by molar-refractivity contribution is 6.16. The van der Waals surface area contributed by atoms with E-state index in [1.165, 1.54) is 6.20 Å². The lowest BCUT2D eigenvalue weighted by Gasteiger charge is -1.94. The molecule has 0 saturated carbocycles. The smallest absolute Gasteiger partial charge is 0.116 e. The molecule has 0 unspecified atom stereocenters. The van der Waals surface area contributed by atoms with Crippen LogP contribution in [0.1, 0.15) is 11.3 Å². The predicted octanol–water partition coefficient (Wildman–Crippen LogP) is 2.29. The van der Waals surface area contributed by atoms with Crippen molar-refractivity contribution in [3.8, 4) is 0 Å². The molecule has 0 aliphatic rings. The first-order valence-electron chi connectivity index (χ1n) is 2.92. The van der Waals surface area contributed by atoms with Gasteiger partial charge in [-0.1, -0.05) is 6.07 Å². The van der Waals surface area contributed by atoms with Crippen molar-refractivity contribution in [2.24, 2.45) is 0 Å². The average molecular weight is 160 g/mol. The fourth-order valence-corrected chi connectivity index (χ4v) is 0.771. The van der Waals surface area contributed by atoms with Gasteiger partial charge >= 0.3 is 0 Å². The largest absolute Gasteiger partial charge is 0.260 e. The molecule has 0 atom stereocenters. The molecule has 0 aromatic carbocycles. The second-order valence-electron chi connectivity index (χ2n) is 1.93. The maximum absolute atomic E-state index is 11.9. The molecular weight excluding hydrogens is 153 g/mol. The van der Waals surface area contributed by atoms with Crippen LogP contribution in [0.25, 0.3) is 0 Å². The predicted molar refractivity (Wildman–Crippen MR) is 38.6 cm³/mol. The molecule has 0 saturated heterocycles. The minimum atomic E-state index is -0.463. The van der Waals surface area contributed by atoms with E-state index >= 15 is 0 Å². The Labute approximate surface area is 63.8 Å². The van der Waals surface area contributed by atoms with Gasteiger partial charge in [-0.15, -0.1) is 11.6 Å². The minimum absolute atomic E-state index is 0.382. The highest BCUT2D eigenvalue weighted by Crippen LogP contribution is 2.03. The first kappa shape index (κ1) is 7.48. The van der Waals surface area contributed by atoms with E-state index in [-0.39, 0.29) is 0 Å². The fourth-order valence-electron chi connectivity index (χ4n) is 0.613. The van der Waals surface area contributed by atoms with E-state index in [4.69, 9.17) is 11.6 Å². The Morgan fingerprint density at radius 1 is 1.50 bits per heavy atom. The molecule has 10 heavy (non-hydrogen) atoms. The normalized spacial score (nSPS) is 9.80. The summed E-state index contributed by atoms with van der Waals surface area (Å²) in [5.41, 5.74) is 1.37. The molecule has 1 aromatic rings. The van der Waals surface area contributed by atoms with Gasteiger partial charge in [-0.05, 0) is 6.07 Å². The van der Waals surface area contributed by atoms with Crippen LogP contribution in [0.2, 0.25) is 0 Å². The third kappa shape index (κ3) is 1.67. The van der Waals surface area contributed by atoms with Crippen LogP contribution in [0.3, 0.4) is 0 Å². The summed E-state index contributed by atoms with van der Waals surface area (Å²) in [6, 6.07) is 3.41. The van der Waals surface area contributed by atoms with Gasteiger partial charge in [0.05, 0.1) is 11.6 Å². The second kappa shape index (κ2) is 3.52. The highest BCUT2D eigenvalue weighted by atomic mass is 35.5. The van der Waals surface area contributed by atoms with Crippen molar-refractivity contribution >= 4 is 11.6 Å². The van der Waals surface area contributed by atoms with Crippen LogP contribution in [-0.2, 0) is 12.6 Å². The molecule has 0 spiro atoms. The van der Waals surface area contributed by atoms with Gasteiger partial charge in [-0.2, -0.15) is 0 Å². The van der Waals surface area contributed by atoms with Crippen LogP contribution in [0, 0.1) is 0 Å². The van der Waals surface area contributed by atoms with Crippen LogP contribution in [0.5, 0.6) is 0 Å². The zero-order valence-electron chi connectivity index (χ0n) is 5.35. The Balaban J connectivity index is 2.80. The van der Waals surface area contributed by atoms with E-state index in [0.717, 1.165) is 5.69 Å². The SMILES string of the molecule is FCc1ccc(CCl)nc1. The number of alkyl halides is 2. The van der Waals surface area contributed by atoms with E-state index < -0.39 is 6.67 Å². The number of nitrogens with zero attached hydrogens (tertiary/aromatic N) is 1. The van der Waals surface area contributed by atoms with E-state index in [1.54, 1.807) is 12.1 Å². The summed E-state index contributed by atoms with van der Waals surface area (Å²) >= 11 is 5.47. The van der Waals surface area contributed by atoms with Crippen molar-refractivity contribution in [2.45, 2.75) is 12.6 Å². The van der Waals surface area contributed by atoms with E-state index in [2.05, 4.69) is 4.98 Å². The number of hydrogen-bond acceptors (Lipinski definition) is 1. The molecule has 0 aliphatic carbocycles. The van der Waals surface area contributed by atoms with Crippen LogP contribution < -0.4 is 0 Å². The van der Waals surface area contributed by atoms with Gasteiger partial charge in [-0.3, -0.25) is 4.98 Å². The average Bonchev–Trinajstić information content (AvgIpc) is 2.05. The van der Waals surface area contributed by atoms with Gasteiger partial charge in [-0.25, -0.2) is 4.39 Å². The molecule has 1 aromatic heterocycles. The number of rotatable bonds is 2. The number of aromatic nitrogens is 1. The maximum atomic E-state index is 11.9. The highest BCUT2D eigenvalue weighted by Gasteiger charge is 1.92. The maximum Gasteiger partial charge on any atom is 0.116 e. The van der Waals surface area contributed by atoms with Crippen molar-refractivity contribution in [3.63, 3.8) is 0 Å². The van der Waals surface area contributed by atoms with Crippen molar-refractivity contribution in [1.82, 2.24) is 4.98 Å². The zero-order chi connectivity index (χ0) is 7.40. The standard InChI is InChI=1S/C7H7ClFN/c8-3-7-2-1-6(4-9)5-10-7/h1-2,5H,3-4H2. The van der Waals surface area contributed by atoms with Crippen molar-refractivity contribution < 1.29 is 4.39 Å². The lowest BCUT2D eigenvalue weighted by atomic mass is 10.3. The number of halogens is 2. The van der Waals surface area contributed by atoms with Gasteiger partial charge in [0.2, 0.25) is 0 Å². The van der Waals surface area contributed by atoms with E-state index in [1.807, 2.05) is 0 Å². The Kier molecular flexibility index (Phi) is 2.63. The first-order chi connectivity index (χ1) is 4.86. The molecule has 0 bridgehead atoms. The van der Waals surface area contributed by atoms with Crippen LogP contribution in [-0.4, -0.2) is 4.98 Å². The van der Waals surface area contributed by atoms with E-state index in [0.29, 0.717) is 11.4 Å². The van der Waals surface area contributed by atoms with Gasteiger partial charge < -0.3 is 0 Å². The second-order valence-corrected chi connectivity index (χ2v) is 2.19. The molecule has 1 heterocycles. The molecule has 0 aliphatic heterocycles. The van der Waals surface area contributed by atoms with Crippen LogP contribution in [0.15, 0.2) is 18.3 Å². The van der Waals surface area contributed by atoms with Crippen molar-refractivity contribution in [1.29, 1.82) is 0 Å². The summed E-state index contributed by atoms with van der Waals surface area (Å²) in [7, 11) is 0. The van der Waals surface area contributed by atoms with Gasteiger partial charge in [0.15, 0.2) is 0 Å². The lowest BCUT2D eigenvalue weighted by molar-refractivity contribution is 0.484. The summed E-state index contributed by atoms with van der Waals surface area (Å²) < 4.78 is 11.9. The minimum Gasteiger partial charge on any atom is -0.260 e. The summed E-state index contributed by atoms with van der Waals surface area (Å²) in [6.07, 6.45) is 1.50. The van der Waals surface area contributed by atoms with Gasteiger partial charge in [0, 0.05) is 11.8 Å². The van der Waals surface area contributed by atoms with E-state index in [9.17, 15) is 4.39 Å². The molecule has 3 heteroatoms. The summed E-state index contributed by atoms with van der Waals surface area (Å²) in [5, 5.41) is 0. The molecule has 0 radical (unpaired) electrons. The summed E-state index contributed by atoms with van der Waals surface area (Å²) in [5.74, 6) is 0.382. The zero-order valence-corrected chi connectivity index (χ0v) is 6.11. The fraction of sp³-hybridized carbons (Fsp3) is 0.286. The topological polar surface area (TPSA) is 12.9 Å². The molecule has 0 N–H and O–H groups in total. The summed E-state index contributed by atoms with van der Waals surface area (Å²) in [6.45, 7) is -0.463. The Morgan fingerprint density at radius 3 is 2.70 bits per heavy atom. The van der Waals surface area contributed by atoms with Crippen LogP contribution >= 0.6 is 11.6 Å². The Hall–Kier alpha value is -0.630. The quantitative estimate of drug-likeness (QED) is 0.604. The first-order valence-corrected chi connectivity index (χ1v) is 3.46. The monoisotopic (exact) mass is 159 g/mol. The molecule has 0 fully saturated rings. The lowest BCUT2D eigenvalue weighted by Crippen LogP contribution is -1.86. The van der Waals surface area contributed by atoms with Gasteiger partial charge in [0.1, 0.15) is 6.67 Å². The molecule has 54 valence electrons. The molecule has 1 rings (SSSR count). The summed E-state index contributed by atoms with van der Waals surface area (Å²) in [4.78, 5) is 3.90. The van der Waals surface area contributed by atoms with Crippen LogP contribution in [0.4, 0.5) is 4.39 Å². The molecule has 1 nitrogen and oxygen atoms in total. The Bertz CT molecular complexity index is 174. The molecule has 0 amide bonds. The van der Waals surface area contributed by atoms with Gasteiger partial charge in [0.25, 0.3) is 0 Å². The third-order valence-corrected chi connectivity index (χ3v) is 1.45. The number of pyridine rings is 1. The van der Waals surface area contributed by atoms with Crippen molar-refractivity contribution in [3.05, 3.63) is 29.6 Å². The number of hydrogen-bond donors (Lipinski definition) is 0. The third-order valence-electron chi connectivity index (χ3n) is 1.18. The van der Waals surface area contributed by atoms with Crippen molar-refractivity contribution in [2.75, 3.05) is 0 Å². The Morgan fingerprint density at radius 2 is 2.30 bits per heavy atom. The molecular formula is C7H7ClFN.